The van der Waals surface area contributed by atoms with E-state index in [0.717, 1.165) is 13.1 Å². The molecule has 1 heterocycles. The second kappa shape index (κ2) is 5.94. The lowest BCUT2D eigenvalue weighted by Crippen LogP contribution is -2.32. The quantitative estimate of drug-likeness (QED) is 0.452. The van der Waals surface area contributed by atoms with E-state index in [2.05, 4.69) is 20.1 Å². The number of aromatic nitrogens is 2. The Morgan fingerprint density at radius 1 is 1.38 bits per heavy atom. The van der Waals surface area contributed by atoms with Crippen LogP contribution in [0.2, 0.25) is 0 Å². The number of amidine groups is 1. The highest BCUT2D eigenvalue weighted by Gasteiger charge is 2.19. The Hall–Kier alpha value is -1.79. The number of nitrogen functional groups attached to an aromatic ring is 1. The first kappa shape index (κ1) is 12.3. The third-order valence-corrected chi connectivity index (χ3v) is 2.07. The number of nitrogens with two attached hydrogens (primary N) is 1. The fraction of sp³-hybridized carbons (Fsp3) is 0.667. The van der Waals surface area contributed by atoms with Crippen molar-refractivity contribution in [3.05, 3.63) is 5.69 Å². The van der Waals surface area contributed by atoms with E-state index in [-0.39, 0.29) is 5.82 Å². The van der Waals surface area contributed by atoms with Gasteiger partial charge < -0.3 is 15.5 Å². The van der Waals surface area contributed by atoms with Crippen LogP contribution in [-0.2, 0) is 4.84 Å². The molecule has 0 radical (unpaired) electrons. The summed E-state index contributed by atoms with van der Waals surface area (Å²) in [5.74, 6) is 0.760. The van der Waals surface area contributed by atoms with Crippen molar-refractivity contribution in [1.82, 2.24) is 15.2 Å². The zero-order valence-corrected chi connectivity index (χ0v) is 9.80. The Kier molecular flexibility index (Phi) is 4.56. The molecule has 0 fully saturated rings. The summed E-state index contributed by atoms with van der Waals surface area (Å²) in [4.78, 5) is 7.00. The van der Waals surface area contributed by atoms with Crippen LogP contribution in [0.5, 0.6) is 0 Å². The zero-order valence-electron chi connectivity index (χ0n) is 9.80. The minimum absolute atomic E-state index is 0.213. The summed E-state index contributed by atoms with van der Waals surface area (Å²) < 4.78 is 4.56. The molecule has 1 aromatic rings. The number of nitrogens with zero attached hydrogens (tertiary/aromatic N) is 4. The van der Waals surface area contributed by atoms with Gasteiger partial charge in [0.15, 0.2) is 11.5 Å². The number of anilines is 1. The van der Waals surface area contributed by atoms with E-state index in [1.165, 1.54) is 0 Å². The summed E-state index contributed by atoms with van der Waals surface area (Å²) in [7, 11) is 0. The Labute approximate surface area is 94.2 Å². The molecule has 0 saturated heterocycles. The van der Waals surface area contributed by atoms with E-state index in [9.17, 15) is 0 Å². The molecular formula is C9H17N5O2. The van der Waals surface area contributed by atoms with E-state index in [1.807, 2.05) is 25.7 Å². The summed E-state index contributed by atoms with van der Waals surface area (Å²) in [5.41, 5.74) is 6.04. The van der Waals surface area contributed by atoms with E-state index >= 15 is 0 Å². The van der Waals surface area contributed by atoms with Gasteiger partial charge in [-0.3, -0.25) is 0 Å². The smallest absolute Gasteiger partial charge is 0.201 e. The van der Waals surface area contributed by atoms with Crippen LogP contribution in [0, 0.1) is 0 Å². The van der Waals surface area contributed by atoms with Crippen LogP contribution in [0.15, 0.2) is 9.78 Å². The SMILES string of the molecule is CCO/N=C(\c1nonc1N)N(CC)CC. The van der Waals surface area contributed by atoms with E-state index < -0.39 is 0 Å². The van der Waals surface area contributed by atoms with E-state index in [1.54, 1.807) is 0 Å². The highest BCUT2D eigenvalue weighted by atomic mass is 16.6. The average Bonchev–Trinajstić information content (AvgIpc) is 2.71. The molecule has 16 heavy (non-hydrogen) atoms. The maximum absolute atomic E-state index is 5.63. The molecule has 7 nitrogen and oxygen atoms in total. The van der Waals surface area contributed by atoms with Crippen LogP contribution in [-0.4, -0.2) is 40.7 Å². The van der Waals surface area contributed by atoms with Crippen molar-refractivity contribution in [1.29, 1.82) is 0 Å². The third kappa shape index (κ3) is 2.62. The molecule has 0 aliphatic rings. The first-order valence-electron chi connectivity index (χ1n) is 5.27. The molecule has 1 aromatic heterocycles. The molecule has 0 aliphatic carbocycles. The van der Waals surface area contributed by atoms with Gasteiger partial charge in [0, 0.05) is 13.1 Å². The summed E-state index contributed by atoms with van der Waals surface area (Å²) >= 11 is 0. The average molecular weight is 227 g/mol. The van der Waals surface area contributed by atoms with E-state index in [0.29, 0.717) is 18.1 Å². The molecule has 0 amide bonds. The molecule has 7 heteroatoms. The minimum atomic E-state index is 0.213. The summed E-state index contributed by atoms with van der Waals surface area (Å²) in [6.07, 6.45) is 0. The molecule has 0 unspecified atom stereocenters. The molecule has 0 saturated carbocycles. The monoisotopic (exact) mass is 227 g/mol. The number of oxime groups is 1. The molecule has 0 aromatic carbocycles. The Morgan fingerprint density at radius 2 is 2.06 bits per heavy atom. The summed E-state index contributed by atoms with van der Waals surface area (Å²) in [6.45, 7) is 7.90. The van der Waals surface area contributed by atoms with Gasteiger partial charge in [0.25, 0.3) is 0 Å². The maximum atomic E-state index is 5.63. The van der Waals surface area contributed by atoms with Crippen molar-refractivity contribution in [2.75, 3.05) is 25.4 Å². The normalized spacial score (nSPS) is 11.6. The number of rotatable bonds is 5. The zero-order chi connectivity index (χ0) is 12.0. The first-order valence-corrected chi connectivity index (χ1v) is 5.27. The van der Waals surface area contributed by atoms with Gasteiger partial charge in [-0.2, -0.15) is 0 Å². The van der Waals surface area contributed by atoms with Crippen molar-refractivity contribution in [3.8, 4) is 0 Å². The van der Waals surface area contributed by atoms with E-state index in [4.69, 9.17) is 10.6 Å². The van der Waals surface area contributed by atoms with Gasteiger partial charge in [-0.05, 0) is 31.1 Å². The lowest BCUT2D eigenvalue weighted by molar-refractivity contribution is 0.153. The molecule has 0 bridgehead atoms. The molecule has 0 atom stereocenters. The third-order valence-electron chi connectivity index (χ3n) is 2.07. The van der Waals surface area contributed by atoms with Crippen LogP contribution >= 0.6 is 0 Å². The highest BCUT2D eigenvalue weighted by Crippen LogP contribution is 2.10. The lowest BCUT2D eigenvalue weighted by Gasteiger charge is -2.20. The van der Waals surface area contributed by atoms with Crippen LogP contribution in [0.25, 0.3) is 0 Å². The Morgan fingerprint density at radius 3 is 2.50 bits per heavy atom. The van der Waals surface area contributed by atoms with Gasteiger partial charge in [-0.25, -0.2) is 4.63 Å². The van der Waals surface area contributed by atoms with Crippen molar-refractivity contribution < 1.29 is 9.47 Å². The highest BCUT2D eigenvalue weighted by molar-refractivity contribution is 6.00. The topological polar surface area (TPSA) is 89.8 Å². The number of hydrogen-bond donors (Lipinski definition) is 1. The predicted molar refractivity (Wildman–Crippen MR) is 59.8 cm³/mol. The van der Waals surface area contributed by atoms with Gasteiger partial charge in [0.05, 0.1) is 0 Å². The molecule has 0 spiro atoms. The van der Waals surface area contributed by atoms with Gasteiger partial charge in [-0.1, -0.05) is 5.16 Å². The standard InChI is InChI=1S/C9H17N5O2/c1-4-14(5-2)9(13-15-6-3)7-8(10)12-16-11-7/h4-6H2,1-3H3,(H2,10,12)/b13-9+. The lowest BCUT2D eigenvalue weighted by atomic mass is 10.3. The molecule has 1 rings (SSSR count). The minimum Gasteiger partial charge on any atom is -0.394 e. The van der Waals surface area contributed by atoms with Crippen LogP contribution in [0.4, 0.5) is 5.82 Å². The summed E-state index contributed by atoms with van der Waals surface area (Å²) in [5, 5.41) is 11.2. The van der Waals surface area contributed by atoms with Gasteiger partial charge in [0.2, 0.25) is 5.84 Å². The van der Waals surface area contributed by atoms with Crippen molar-refractivity contribution in [2.45, 2.75) is 20.8 Å². The van der Waals surface area contributed by atoms with Crippen molar-refractivity contribution >= 4 is 11.7 Å². The Balaban J connectivity index is 3.00. The van der Waals surface area contributed by atoms with Crippen LogP contribution < -0.4 is 5.73 Å². The predicted octanol–water partition coefficient (Wildman–Crippen LogP) is 0.692. The fourth-order valence-corrected chi connectivity index (χ4v) is 1.25. The fourth-order valence-electron chi connectivity index (χ4n) is 1.25. The van der Waals surface area contributed by atoms with Crippen LogP contribution in [0.1, 0.15) is 26.5 Å². The maximum Gasteiger partial charge on any atom is 0.201 e. The summed E-state index contributed by atoms with van der Waals surface area (Å²) in [6, 6.07) is 0. The number of hydrogen-bond acceptors (Lipinski definition) is 6. The van der Waals surface area contributed by atoms with Gasteiger partial charge in [-0.15, -0.1) is 0 Å². The molecule has 90 valence electrons. The second-order valence-electron chi connectivity index (χ2n) is 3.00. The van der Waals surface area contributed by atoms with Crippen molar-refractivity contribution in [2.24, 2.45) is 5.16 Å². The second-order valence-corrected chi connectivity index (χ2v) is 3.00. The first-order chi connectivity index (χ1) is 7.74. The molecule has 0 aliphatic heterocycles. The largest absolute Gasteiger partial charge is 0.394 e. The van der Waals surface area contributed by atoms with Crippen LogP contribution in [0.3, 0.4) is 0 Å². The Bertz CT molecular complexity index is 345. The van der Waals surface area contributed by atoms with Gasteiger partial charge >= 0.3 is 0 Å². The molecular weight excluding hydrogens is 210 g/mol. The molecule has 2 N–H and O–H groups in total. The van der Waals surface area contributed by atoms with Gasteiger partial charge in [0.1, 0.15) is 6.61 Å². The van der Waals surface area contributed by atoms with Crippen molar-refractivity contribution in [3.63, 3.8) is 0 Å².